The van der Waals surface area contributed by atoms with Crippen molar-refractivity contribution in [2.45, 2.75) is 31.9 Å². The van der Waals surface area contributed by atoms with Crippen LogP contribution >= 0.6 is 0 Å². The Balaban J connectivity index is 1.58. The first kappa shape index (κ1) is 19.5. The number of hydrogen-bond acceptors (Lipinski definition) is 3. The molecule has 0 atom stereocenters. The maximum Gasteiger partial charge on any atom is 0.401 e. The van der Waals surface area contributed by atoms with Gasteiger partial charge in [-0.25, -0.2) is 0 Å². The lowest BCUT2D eigenvalue weighted by Crippen LogP contribution is -2.40. The van der Waals surface area contributed by atoms with Crippen LogP contribution in [0.4, 0.5) is 13.2 Å². The highest BCUT2D eigenvalue weighted by Crippen LogP contribution is 2.24. The minimum Gasteiger partial charge on any atom is -0.370 e. The number of hydrogen-bond donors (Lipinski definition) is 2. The number of rotatable bonds is 7. The molecular weight excluding hydrogens is 331 g/mol. The number of nitrogens with two attached hydrogens (primary N) is 1. The minimum absolute atomic E-state index is 0.408. The molecule has 1 fully saturated rings. The molecule has 1 aromatic rings. The Morgan fingerprint density at radius 1 is 1.32 bits per heavy atom. The van der Waals surface area contributed by atoms with Crippen LogP contribution in [0, 0.1) is 5.92 Å². The predicted octanol–water partition coefficient (Wildman–Crippen LogP) is 2.19. The van der Waals surface area contributed by atoms with Crippen LogP contribution < -0.4 is 11.1 Å². The van der Waals surface area contributed by atoms with Crippen molar-refractivity contribution in [3.63, 3.8) is 0 Å². The van der Waals surface area contributed by atoms with E-state index < -0.39 is 12.7 Å². The number of aliphatic imine (C=N–C) groups is 1. The summed E-state index contributed by atoms with van der Waals surface area (Å²) in [5, 5.41) is 3.06. The Morgan fingerprint density at radius 3 is 2.72 bits per heavy atom. The molecule has 1 aliphatic rings. The molecule has 0 aliphatic carbocycles. The number of nitrogens with zero attached hydrogens (tertiary/aromatic N) is 3. The first-order valence-corrected chi connectivity index (χ1v) is 8.65. The van der Waals surface area contributed by atoms with Gasteiger partial charge in [0.25, 0.3) is 0 Å². The number of nitrogens with one attached hydrogen (secondary N) is 1. The summed E-state index contributed by atoms with van der Waals surface area (Å²) in [5.74, 6) is 0.833. The molecule has 0 amide bonds. The molecule has 25 heavy (non-hydrogen) atoms. The van der Waals surface area contributed by atoms with E-state index in [0.717, 1.165) is 31.4 Å². The van der Waals surface area contributed by atoms with Crippen LogP contribution in [0.25, 0.3) is 0 Å². The summed E-state index contributed by atoms with van der Waals surface area (Å²) in [4.78, 5) is 10.0. The monoisotopic (exact) mass is 357 g/mol. The van der Waals surface area contributed by atoms with E-state index in [-0.39, 0.29) is 0 Å². The lowest BCUT2D eigenvalue weighted by Gasteiger charge is -2.32. The molecule has 3 N–H and O–H groups in total. The molecule has 2 heterocycles. The van der Waals surface area contributed by atoms with Gasteiger partial charge in [-0.1, -0.05) is 6.07 Å². The van der Waals surface area contributed by atoms with Gasteiger partial charge in [-0.2, -0.15) is 13.2 Å². The van der Waals surface area contributed by atoms with Crippen molar-refractivity contribution >= 4 is 5.96 Å². The fraction of sp³-hybridized carbons (Fsp3) is 0.647. The third-order valence-corrected chi connectivity index (χ3v) is 4.34. The number of piperidine rings is 1. The van der Waals surface area contributed by atoms with E-state index in [0.29, 0.717) is 38.1 Å². The Labute approximate surface area is 146 Å². The van der Waals surface area contributed by atoms with Gasteiger partial charge in [-0.15, -0.1) is 0 Å². The number of aromatic nitrogens is 1. The SMILES string of the molecule is NC(=NCCC1CCN(CC(F)(F)F)CC1)NCCc1ccccn1. The molecule has 0 unspecified atom stereocenters. The summed E-state index contributed by atoms with van der Waals surface area (Å²) in [6, 6.07) is 5.78. The van der Waals surface area contributed by atoms with Crippen molar-refractivity contribution in [3.05, 3.63) is 30.1 Å². The van der Waals surface area contributed by atoms with Crippen LogP contribution in [0.3, 0.4) is 0 Å². The predicted molar refractivity (Wildman–Crippen MR) is 92.3 cm³/mol. The van der Waals surface area contributed by atoms with Gasteiger partial charge in [0.05, 0.1) is 6.54 Å². The molecular formula is C17H26F3N5. The van der Waals surface area contributed by atoms with Crippen LogP contribution in [-0.4, -0.2) is 54.7 Å². The van der Waals surface area contributed by atoms with Crippen molar-refractivity contribution in [2.24, 2.45) is 16.6 Å². The molecule has 0 aromatic carbocycles. The number of likely N-dealkylation sites (tertiary alicyclic amines) is 1. The van der Waals surface area contributed by atoms with Crippen LogP contribution in [0.2, 0.25) is 0 Å². The summed E-state index contributed by atoms with van der Waals surface area (Å²) in [6.07, 6.45) is 0.869. The lowest BCUT2D eigenvalue weighted by atomic mass is 9.93. The van der Waals surface area contributed by atoms with Crippen LogP contribution in [-0.2, 0) is 6.42 Å². The van der Waals surface area contributed by atoms with Gasteiger partial charge >= 0.3 is 6.18 Å². The van der Waals surface area contributed by atoms with Crippen LogP contribution in [0.15, 0.2) is 29.4 Å². The number of alkyl halides is 3. The molecule has 8 heteroatoms. The molecule has 0 spiro atoms. The maximum absolute atomic E-state index is 12.4. The molecule has 0 bridgehead atoms. The van der Waals surface area contributed by atoms with E-state index in [1.54, 1.807) is 6.20 Å². The van der Waals surface area contributed by atoms with E-state index in [1.165, 1.54) is 4.90 Å². The quantitative estimate of drug-likeness (QED) is 0.580. The average Bonchev–Trinajstić information content (AvgIpc) is 2.56. The third-order valence-electron chi connectivity index (χ3n) is 4.34. The van der Waals surface area contributed by atoms with Gasteiger partial charge in [-0.05, 0) is 50.4 Å². The normalized spacial score (nSPS) is 17.6. The van der Waals surface area contributed by atoms with Gasteiger partial charge < -0.3 is 11.1 Å². The van der Waals surface area contributed by atoms with Crippen molar-refractivity contribution in [1.82, 2.24) is 15.2 Å². The van der Waals surface area contributed by atoms with Gasteiger partial charge in [0, 0.05) is 31.4 Å². The van der Waals surface area contributed by atoms with E-state index in [2.05, 4.69) is 15.3 Å². The lowest BCUT2D eigenvalue weighted by molar-refractivity contribution is -0.148. The Kier molecular flexibility index (Phi) is 7.49. The first-order chi connectivity index (χ1) is 11.9. The van der Waals surface area contributed by atoms with Crippen LogP contribution in [0.5, 0.6) is 0 Å². The van der Waals surface area contributed by atoms with Gasteiger partial charge in [0.1, 0.15) is 0 Å². The second kappa shape index (κ2) is 9.60. The molecule has 2 rings (SSSR count). The van der Waals surface area contributed by atoms with E-state index in [9.17, 15) is 13.2 Å². The van der Waals surface area contributed by atoms with E-state index in [4.69, 9.17) is 5.73 Å². The minimum atomic E-state index is -4.10. The smallest absolute Gasteiger partial charge is 0.370 e. The summed E-state index contributed by atoms with van der Waals surface area (Å²) < 4.78 is 37.1. The fourth-order valence-corrected chi connectivity index (χ4v) is 2.97. The molecule has 1 saturated heterocycles. The molecule has 0 saturated carbocycles. The molecule has 1 aromatic heterocycles. The Hall–Kier alpha value is -1.83. The fourth-order valence-electron chi connectivity index (χ4n) is 2.97. The van der Waals surface area contributed by atoms with Gasteiger partial charge in [0.2, 0.25) is 0 Å². The highest BCUT2D eigenvalue weighted by molar-refractivity contribution is 5.77. The molecule has 140 valence electrons. The van der Waals surface area contributed by atoms with Crippen molar-refractivity contribution in [2.75, 3.05) is 32.7 Å². The van der Waals surface area contributed by atoms with Crippen molar-refractivity contribution in [1.29, 1.82) is 0 Å². The third kappa shape index (κ3) is 8.20. The van der Waals surface area contributed by atoms with E-state index >= 15 is 0 Å². The topological polar surface area (TPSA) is 66.5 Å². The summed E-state index contributed by atoms with van der Waals surface area (Å²) >= 11 is 0. The largest absolute Gasteiger partial charge is 0.401 e. The van der Waals surface area contributed by atoms with Gasteiger partial charge in [-0.3, -0.25) is 14.9 Å². The second-order valence-electron chi connectivity index (χ2n) is 6.39. The highest BCUT2D eigenvalue weighted by Gasteiger charge is 2.32. The highest BCUT2D eigenvalue weighted by atomic mass is 19.4. The van der Waals surface area contributed by atoms with Crippen molar-refractivity contribution < 1.29 is 13.2 Å². The Morgan fingerprint density at radius 2 is 2.08 bits per heavy atom. The summed E-state index contributed by atoms with van der Waals surface area (Å²) in [5.41, 5.74) is 6.82. The summed E-state index contributed by atoms with van der Waals surface area (Å²) in [7, 11) is 0. The Bertz CT molecular complexity index is 525. The zero-order valence-electron chi connectivity index (χ0n) is 14.3. The molecule has 1 aliphatic heterocycles. The zero-order chi connectivity index (χ0) is 18.1. The number of halogens is 3. The van der Waals surface area contributed by atoms with Crippen LogP contribution in [0.1, 0.15) is 25.0 Å². The summed E-state index contributed by atoms with van der Waals surface area (Å²) in [6.45, 7) is 1.48. The maximum atomic E-state index is 12.4. The van der Waals surface area contributed by atoms with E-state index in [1.807, 2.05) is 18.2 Å². The average molecular weight is 357 g/mol. The zero-order valence-corrected chi connectivity index (χ0v) is 14.3. The number of pyridine rings is 1. The van der Waals surface area contributed by atoms with Gasteiger partial charge in [0.15, 0.2) is 5.96 Å². The second-order valence-corrected chi connectivity index (χ2v) is 6.39. The molecule has 0 radical (unpaired) electrons. The first-order valence-electron chi connectivity index (χ1n) is 8.65. The standard InChI is InChI=1S/C17H26F3N5/c18-17(19,20)13-25-11-6-14(7-12-25)4-9-23-16(21)24-10-5-15-3-1-2-8-22-15/h1-3,8,14H,4-7,9-13H2,(H3,21,23,24). The number of guanidine groups is 1. The van der Waals surface area contributed by atoms with Crippen molar-refractivity contribution in [3.8, 4) is 0 Å². The molecule has 5 nitrogen and oxygen atoms in total.